The molecule has 0 heterocycles. The first-order chi connectivity index (χ1) is 6.47. The minimum Gasteiger partial charge on any atom is -0.469 e. The first-order valence-corrected chi connectivity index (χ1v) is 4.10. The van der Waals surface area contributed by atoms with Gasteiger partial charge in [0.15, 0.2) is 0 Å². The second kappa shape index (κ2) is 5.95. The fraction of sp³-hybridized carbons (Fsp3) is 0.625. The van der Waals surface area contributed by atoms with E-state index in [1.54, 1.807) is 0 Å². The van der Waals surface area contributed by atoms with Gasteiger partial charge in [-0.15, -0.1) is 0 Å². The first-order valence-electron chi connectivity index (χ1n) is 4.10. The van der Waals surface area contributed by atoms with Crippen LogP contribution in [0.15, 0.2) is 0 Å². The van der Waals surface area contributed by atoms with Crippen molar-refractivity contribution in [2.75, 3.05) is 7.11 Å². The Labute approximate surface area is 81.8 Å². The third-order valence-corrected chi connectivity index (χ3v) is 1.59. The predicted octanol–water partition coefficient (Wildman–Crippen LogP) is -1.07. The summed E-state index contributed by atoms with van der Waals surface area (Å²) in [5.74, 6) is -1.47. The van der Waals surface area contributed by atoms with E-state index in [2.05, 4.69) is 10.1 Å². The van der Waals surface area contributed by atoms with Gasteiger partial charge in [-0.1, -0.05) is 0 Å². The van der Waals surface area contributed by atoms with Gasteiger partial charge in [0.2, 0.25) is 11.8 Å². The third-order valence-electron chi connectivity index (χ3n) is 1.59. The molecule has 0 aromatic rings. The Morgan fingerprint density at radius 3 is 2.36 bits per heavy atom. The highest BCUT2D eigenvalue weighted by Gasteiger charge is 2.17. The summed E-state index contributed by atoms with van der Waals surface area (Å²) in [7, 11) is 1.25. The Morgan fingerprint density at radius 1 is 1.43 bits per heavy atom. The number of amides is 2. The standard InChI is InChI=1S/C8H14N2O4/c1-5(11)10-6(8(9)13)3-4-7(12)14-2/h6H,3-4H2,1-2H3,(H2,9,13)(H,10,11). The van der Waals surface area contributed by atoms with E-state index >= 15 is 0 Å². The monoisotopic (exact) mass is 202 g/mol. The van der Waals surface area contributed by atoms with Crippen molar-refractivity contribution < 1.29 is 19.1 Å². The number of ether oxygens (including phenoxy) is 1. The molecule has 80 valence electrons. The van der Waals surface area contributed by atoms with Gasteiger partial charge in [-0.3, -0.25) is 14.4 Å². The second-order valence-corrected chi connectivity index (χ2v) is 2.77. The predicted molar refractivity (Wildman–Crippen MR) is 48.0 cm³/mol. The molecule has 0 aromatic heterocycles. The lowest BCUT2D eigenvalue weighted by Gasteiger charge is -2.12. The van der Waals surface area contributed by atoms with Gasteiger partial charge in [-0.2, -0.15) is 0 Å². The van der Waals surface area contributed by atoms with Crippen LogP contribution < -0.4 is 11.1 Å². The summed E-state index contributed by atoms with van der Waals surface area (Å²) in [5, 5.41) is 2.34. The van der Waals surface area contributed by atoms with E-state index in [0.717, 1.165) is 0 Å². The van der Waals surface area contributed by atoms with Gasteiger partial charge in [-0.05, 0) is 6.42 Å². The third kappa shape index (κ3) is 5.13. The Morgan fingerprint density at radius 2 is 2.00 bits per heavy atom. The van der Waals surface area contributed by atoms with Crippen molar-refractivity contribution in [2.24, 2.45) is 5.73 Å². The van der Waals surface area contributed by atoms with E-state index in [0.29, 0.717) is 0 Å². The van der Waals surface area contributed by atoms with Crippen LogP contribution in [0.1, 0.15) is 19.8 Å². The van der Waals surface area contributed by atoms with Crippen LogP contribution in [0.25, 0.3) is 0 Å². The number of methoxy groups -OCH3 is 1. The van der Waals surface area contributed by atoms with E-state index < -0.39 is 17.9 Å². The minimum atomic E-state index is -0.813. The topological polar surface area (TPSA) is 98.5 Å². The molecule has 6 heteroatoms. The highest BCUT2D eigenvalue weighted by Crippen LogP contribution is 1.98. The molecule has 0 bridgehead atoms. The molecule has 3 N–H and O–H groups in total. The average Bonchev–Trinajstić information content (AvgIpc) is 2.10. The van der Waals surface area contributed by atoms with E-state index in [1.807, 2.05) is 0 Å². The van der Waals surface area contributed by atoms with Gasteiger partial charge < -0.3 is 15.8 Å². The van der Waals surface area contributed by atoms with Crippen molar-refractivity contribution in [3.8, 4) is 0 Å². The van der Waals surface area contributed by atoms with E-state index in [9.17, 15) is 14.4 Å². The highest BCUT2D eigenvalue weighted by molar-refractivity contribution is 5.86. The Balaban J connectivity index is 4.04. The molecule has 0 saturated heterocycles. The fourth-order valence-electron chi connectivity index (χ4n) is 0.895. The minimum absolute atomic E-state index is 0.0460. The number of hydrogen-bond donors (Lipinski definition) is 2. The van der Waals surface area contributed by atoms with Gasteiger partial charge in [0, 0.05) is 13.3 Å². The zero-order chi connectivity index (χ0) is 11.1. The smallest absolute Gasteiger partial charge is 0.305 e. The van der Waals surface area contributed by atoms with Gasteiger partial charge >= 0.3 is 5.97 Å². The molecule has 0 rings (SSSR count). The number of primary amides is 1. The molecule has 1 atom stereocenters. The Hall–Kier alpha value is -1.59. The number of esters is 1. The fourth-order valence-corrected chi connectivity index (χ4v) is 0.895. The Bertz CT molecular complexity index is 239. The molecule has 0 aliphatic carbocycles. The molecule has 0 fully saturated rings. The summed E-state index contributed by atoms with van der Waals surface area (Å²) in [6, 6.07) is -0.813. The molecule has 0 aromatic carbocycles. The average molecular weight is 202 g/mol. The summed E-state index contributed by atoms with van der Waals surface area (Å²) in [4.78, 5) is 32.2. The van der Waals surface area contributed by atoms with Crippen molar-refractivity contribution >= 4 is 17.8 Å². The van der Waals surface area contributed by atoms with Crippen molar-refractivity contribution in [1.82, 2.24) is 5.32 Å². The Kier molecular flexibility index (Phi) is 5.28. The summed E-state index contributed by atoms with van der Waals surface area (Å²) in [5.41, 5.74) is 5.01. The highest BCUT2D eigenvalue weighted by atomic mass is 16.5. The molecular weight excluding hydrogens is 188 g/mol. The summed E-state index contributed by atoms with van der Waals surface area (Å²) >= 11 is 0. The van der Waals surface area contributed by atoms with Gasteiger partial charge in [-0.25, -0.2) is 0 Å². The largest absolute Gasteiger partial charge is 0.469 e. The van der Waals surface area contributed by atoms with Crippen LogP contribution in [0, 0.1) is 0 Å². The summed E-state index contributed by atoms with van der Waals surface area (Å²) in [6.45, 7) is 1.27. The number of hydrogen-bond acceptors (Lipinski definition) is 4. The number of rotatable bonds is 5. The lowest BCUT2D eigenvalue weighted by molar-refractivity contribution is -0.141. The quantitative estimate of drug-likeness (QED) is 0.554. The van der Waals surface area contributed by atoms with Crippen LogP contribution in [0.5, 0.6) is 0 Å². The molecule has 0 aliphatic heterocycles. The van der Waals surface area contributed by atoms with Crippen molar-refractivity contribution in [2.45, 2.75) is 25.8 Å². The van der Waals surface area contributed by atoms with E-state index in [-0.39, 0.29) is 18.7 Å². The lowest BCUT2D eigenvalue weighted by atomic mass is 10.1. The maximum atomic E-state index is 10.8. The molecule has 2 amide bonds. The molecule has 1 unspecified atom stereocenters. The molecule has 14 heavy (non-hydrogen) atoms. The van der Waals surface area contributed by atoms with Crippen LogP contribution in [0.2, 0.25) is 0 Å². The molecular formula is C8H14N2O4. The van der Waals surface area contributed by atoms with Crippen molar-refractivity contribution in [3.63, 3.8) is 0 Å². The van der Waals surface area contributed by atoms with Crippen LogP contribution in [0.3, 0.4) is 0 Å². The van der Waals surface area contributed by atoms with Crippen LogP contribution in [-0.2, 0) is 19.1 Å². The SMILES string of the molecule is COC(=O)CCC(NC(C)=O)C(N)=O. The zero-order valence-corrected chi connectivity index (χ0v) is 8.20. The summed E-state index contributed by atoms with van der Waals surface area (Å²) < 4.78 is 4.38. The van der Waals surface area contributed by atoms with Gasteiger partial charge in [0.1, 0.15) is 6.04 Å². The van der Waals surface area contributed by atoms with Crippen molar-refractivity contribution in [1.29, 1.82) is 0 Å². The maximum Gasteiger partial charge on any atom is 0.305 e. The number of carbonyl (C=O) groups is 3. The molecule has 0 radical (unpaired) electrons. The number of nitrogens with two attached hydrogens (primary N) is 1. The molecule has 6 nitrogen and oxygen atoms in total. The maximum absolute atomic E-state index is 10.8. The number of carbonyl (C=O) groups excluding carboxylic acids is 3. The van der Waals surface area contributed by atoms with E-state index in [4.69, 9.17) is 5.73 Å². The molecule has 0 saturated carbocycles. The van der Waals surface area contributed by atoms with Crippen LogP contribution in [-0.4, -0.2) is 30.9 Å². The van der Waals surface area contributed by atoms with E-state index in [1.165, 1.54) is 14.0 Å². The normalized spacial score (nSPS) is 11.6. The van der Waals surface area contributed by atoms with Crippen LogP contribution >= 0.6 is 0 Å². The summed E-state index contributed by atoms with van der Waals surface area (Å²) in [6.07, 6.45) is 0.200. The zero-order valence-electron chi connectivity index (χ0n) is 8.20. The molecule has 0 spiro atoms. The van der Waals surface area contributed by atoms with Crippen LogP contribution in [0.4, 0.5) is 0 Å². The lowest BCUT2D eigenvalue weighted by Crippen LogP contribution is -2.43. The number of nitrogens with one attached hydrogen (secondary N) is 1. The van der Waals surface area contributed by atoms with Gasteiger partial charge in [0.25, 0.3) is 0 Å². The first kappa shape index (κ1) is 12.4. The van der Waals surface area contributed by atoms with Gasteiger partial charge in [0.05, 0.1) is 7.11 Å². The van der Waals surface area contributed by atoms with Crippen molar-refractivity contribution in [3.05, 3.63) is 0 Å². The molecule has 0 aliphatic rings. The second-order valence-electron chi connectivity index (χ2n) is 2.77.